The Morgan fingerprint density at radius 3 is 2.32 bits per heavy atom. The number of dihydropyridines is 1. The molecule has 4 aromatic rings. The van der Waals surface area contributed by atoms with Gasteiger partial charge in [0, 0.05) is 12.1 Å². The first-order valence-electron chi connectivity index (χ1n) is 9.80. The zero-order valence-electron chi connectivity index (χ0n) is 15.4. The molecule has 0 saturated heterocycles. The Bertz CT molecular complexity index is 1320. The van der Waals surface area contributed by atoms with Crippen LogP contribution < -0.4 is 0 Å². The van der Waals surface area contributed by atoms with Crippen molar-refractivity contribution < 1.29 is 0 Å². The van der Waals surface area contributed by atoms with E-state index in [2.05, 4.69) is 97.1 Å². The van der Waals surface area contributed by atoms with Gasteiger partial charge in [-0.2, -0.15) is 0 Å². The van der Waals surface area contributed by atoms with Crippen LogP contribution in [-0.2, 0) is 0 Å². The lowest BCUT2D eigenvalue weighted by Gasteiger charge is -2.32. The summed E-state index contributed by atoms with van der Waals surface area (Å²) in [5, 5.41) is 5.15. The summed E-state index contributed by atoms with van der Waals surface area (Å²) in [7, 11) is 0. The van der Waals surface area contributed by atoms with Gasteiger partial charge in [-0.1, -0.05) is 72.8 Å². The van der Waals surface area contributed by atoms with Gasteiger partial charge < -0.3 is 0 Å². The number of hydrogen-bond acceptors (Lipinski definition) is 1. The normalized spacial score (nSPS) is 20.1. The third kappa shape index (κ3) is 2.36. The van der Waals surface area contributed by atoms with Crippen molar-refractivity contribution in [1.29, 1.82) is 0 Å². The molecule has 1 aliphatic heterocycles. The molecule has 6 rings (SSSR count). The number of fused-ring (bicyclic) bond motifs is 5. The van der Waals surface area contributed by atoms with E-state index < -0.39 is 0 Å². The SMILES string of the molecule is C1=CC2C(c3ccc4cc5ccccc5cc4c3)=Cc3ccccc3[C@H]2N=C1. The lowest BCUT2D eigenvalue weighted by atomic mass is 9.76. The van der Waals surface area contributed by atoms with E-state index in [4.69, 9.17) is 4.99 Å². The predicted octanol–water partition coefficient (Wildman–Crippen LogP) is 6.85. The summed E-state index contributed by atoms with van der Waals surface area (Å²) in [5.41, 5.74) is 5.24. The number of nitrogens with zero attached hydrogens (tertiary/aromatic N) is 1. The number of benzene rings is 4. The monoisotopic (exact) mass is 357 g/mol. The highest BCUT2D eigenvalue weighted by molar-refractivity contribution is 6.00. The van der Waals surface area contributed by atoms with Gasteiger partial charge in [0.25, 0.3) is 0 Å². The van der Waals surface area contributed by atoms with Crippen LogP contribution in [0.3, 0.4) is 0 Å². The van der Waals surface area contributed by atoms with Crippen molar-refractivity contribution in [3.63, 3.8) is 0 Å². The summed E-state index contributed by atoms with van der Waals surface area (Å²) in [6, 6.07) is 28.8. The molecule has 0 saturated carbocycles. The molecule has 1 unspecified atom stereocenters. The Morgan fingerprint density at radius 1 is 0.679 bits per heavy atom. The van der Waals surface area contributed by atoms with E-state index in [1.165, 1.54) is 43.8 Å². The van der Waals surface area contributed by atoms with Gasteiger partial charge in [-0.05, 0) is 68.1 Å². The summed E-state index contributed by atoms with van der Waals surface area (Å²) < 4.78 is 0. The smallest absolute Gasteiger partial charge is 0.0858 e. The minimum atomic E-state index is 0.175. The zero-order chi connectivity index (χ0) is 18.5. The van der Waals surface area contributed by atoms with Crippen molar-refractivity contribution in [3.8, 4) is 0 Å². The van der Waals surface area contributed by atoms with Crippen LogP contribution in [0.4, 0.5) is 0 Å². The van der Waals surface area contributed by atoms with E-state index in [1.54, 1.807) is 0 Å². The molecular weight excluding hydrogens is 338 g/mol. The van der Waals surface area contributed by atoms with Crippen LogP contribution in [0.5, 0.6) is 0 Å². The highest BCUT2D eigenvalue weighted by Crippen LogP contribution is 2.45. The number of aliphatic imine (C=N–C) groups is 1. The maximum atomic E-state index is 4.82. The quantitative estimate of drug-likeness (QED) is 0.331. The lowest BCUT2D eigenvalue weighted by molar-refractivity contribution is 0.626. The van der Waals surface area contributed by atoms with Crippen LogP contribution in [-0.4, -0.2) is 6.21 Å². The van der Waals surface area contributed by atoms with Crippen LogP contribution in [0.25, 0.3) is 33.2 Å². The summed E-state index contributed by atoms with van der Waals surface area (Å²) in [4.78, 5) is 4.82. The van der Waals surface area contributed by atoms with Gasteiger partial charge in [0.15, 0.2) is 0 Å². The van der Waals surface area contributed by atoms with Crippen molar-refractivity contribution in [2.75, 3.05) is 0 Å². The van der Waals surface area contributed by atoms with E-state index in [9.17, 15) is 0 Å². The van der Waals surface area contributed by atoms with Crippen LogP contribution >= 0.6 is 0 Å². The molecule has 0 amide bonds. The van der Waals surface area contributed by atoms with E-state index in [0.717, 1.165) is 0 Å². The third-order valence-corrected chi connectivity index (χ3v) is 6.01. The molecule has 2 atom stereocenters. The van der Waals surface area contributed by atoms with Gasteiger partial charge in [-0.3, -0.25) is 4.99 Å². The molecule has 1 nitrogen and oxygen atoms in total. The molecule has 0 N–H and O–H groups in total. The molecule has 28 heavy (non-hydrogen) atoms. The summed E-state index contributed by atoms with van der Waals surface area (Å²) in [6.45, 7) is 0. The molecule has 0 bridgehead atoms. The second kappa shape index (κ2) is 6.03. The largest absolute Gasteiger partial charge is 0.284 e. The molecule has 0 aromatic heterocycles. The summed E-state index contributed by atoms with van der Waals surface area (Å²) in [5.74, 6) is 0.290. The Hall–Kier alpha value is -3.45. The van der Waals surface area contributed by atoms with Crippen molar-refractivity contribution in [2.24, 2.45) is 10.9 Å². The number of allylic oxidation sites excluding steroid dienone is 1. The van der Waals surface area contributed by atoms with Crippen LogP contribution in [0.2, 0.25) is 0 Å². The van der Waals surface area contributed by atoms with Gasteiger partial charge in [0.2, 0.25) is 0 Å². The molecule has 1 heteroatoms. The number of rotatable bonds is 1. The van der Waals surface area contributed by atoms with Crippen LogP contribution in [0, 0.1) is 5.92 Å². The topological polar surface area (TPSA) is 12.4 Å². The second-order valence-corrected chi connectivity index (χ2v) is 7.64. The lowest BCUT2D eigenvalue weighted by Crippen LogP contribution is -2.18. The molecule has 0 radical (unpaired) electrons. The fourth-order valence-corrected chi connectivity index (χ4v) is 4.63. The van der Waals surface area contributed by atoms with Crippen molar-refractivity contribution in [1.82, 2.24) is 0 Å². The molecule has 0 spiro atoms. The Labute approximate surface area is 164 Å². The molecular formula is C27H19N. The first kappa shape index (κ1) is 15.6. The first-order chi connectivity index (χ1) is 13.9. The third-order valence-electron chi connectivity index (χ3n) is 6.01. The average molecular weight is 357 g/mol. The molecule has 4 aromatic carbocycles. The number of hydrogen-bond donors (Lipinski definition) is 0. The van der Waals surface area contributed by atoms with E-state index in [1.807, 2.05) is 6.21 Å². The summed E-state index contributed by atoms with van der Waals surface area (Å²) >= 11 is 0. The molecule has 2 aliphatic rings. The maximum absolute atomic E-state index is 4.82. The van der Waals surface area contributed by atoms with Gasteiger partial charge in [-0.25, -0.2) is 0 Å². The molecule has 1 aliphatic carbocycles. The second-order valence-electron chi connectivity index (χ2n) is 7.64. The van der Waals surface area contributed by atoms with E-state index in [0.29, 0.717) is 0 Å². The Morgan fingerprint density at radius 2 is 1.43 bits per heavy atom. The van der Waals surface area contributed by atoms with Gasteiger partial charge in [0.05, 0.1) is 6.04 Å². The highest BCUT2D eigenvalue weighted by Gasteiger charge is 2.31. The van der Waals surface area contributed by atoms with Gasteiger partial charge in [-0.15, -0.1) is 0 Å². The standard InChI is InChI=1S/C27H19N/c1-2-7-19-15-23-16-22(12-11-20(23)14-18(19)6-1)26-17-21-8-3-4-9-24(21)27-25(26)10-5-13-28-27/h1-17,25,27H/t25?,27-/m1/s1. The fraction of sp³-hybridized carbons (Fsp3) is 0.0741. The average Bonchev–Trinajstić information content (AvgIpc) is 2.77. The Kier molecular flexibility index (Phi) is 3.36. The highest BCUT2D eigenvalue weighted by atomic mass is 14.8. The van der Waals surface area contributed by atoms with Gasteiger partial charge in [0.1, 0.15) is 0 Å². The maximum Gasteiger partial charge on any atom is 0.0858 e. The minimum Gasteiger partial charge on any atom is -0.284 e. The van der Waals surface area contributed by atoms with Crippen molar-refractivity contribution >= 4 is 39.4 Å². The molecule has 1 heterocycles. The zero-order valence-corrected chi connectivity index (χ0v) is 15.4. The van der Waals surface area contributed by atoms with E-state index in [-0.39, 0.29) is 12.0 Å². The molecule has 132 valence electrons. The molecule has 0 fully saturated rings. The Balaban J connectivity index is 1.55. The fourth-order valence-electron chi connectivity index (χ4n) is 4.63. The minimum absolute atomic E-state index is 0.175. The van der Waals surface area contributed by atoms with Crippen molar-refractivity contribution in [3.05, 3.63) is 108 Å². The van der Waals surface area contributed by atoms with Gasteiger partial charge >= 0.3 is 0 Å². The van der Waals surface area contributed by atoms with Crippen LogP contribution in [0.15, 0.2) is 96.0 Å². The predicted molar refractivity (Wildman–Crippen MR) is 120 cm³/mol. The van der Waals surface area contributed by atoms with E-state index >= 15 is 0 Å². The summed E-state index contributed by atoms with van der Waals surface area (Å²) in [6.07, 6.45) is 8.67. The van der Waals surface area contributed by atoms with Crippen LogP contribution in [0.1, 0.15) is 22.7 Å². The van der Waals surface area contributed by atoms with Crippen molar-refractivity contribution in [2.45, 2.75) is 6.04 Å². The first-order valence-corrected chi connectivity index (χ1v) is 9.80.